The number of amides is 1. The van der Waals surface area contributed by atoms with Gasteiger partial charge in [0.25, 0.3) is 0 Å². The van der Waals surface area contributed by atoms with E-state index in [4.69, 9.17) is 0 Å². The standard InChI is InChI=1S/C22H29N3O2/c1-22(2)12-20-17(13-23-25(20)18-8-4-3-5-9-18)14-24(15-22)21(27)16-7-6-10-19(26)11-16/h3-5,8-9,13,16,19,26H,6-7,10-12,14-15H2,1-2H3. The average Bonchev–Trinajstić information content (AvgIpc) is 2.96. The fourth-order valence-electron chi connectivity index (χ4n) is 4.61. The number of aliphatic hydroxyl groups is 1. The second-order valence-corrected chi connectivity index (χ2v) is 8.92. The molecule has 2 heterocycles. The molecule has 1 aliphatic heterocycles. The van der Waals surface area contributed by atoms with Crippen LogP contribution in [0.3, 0.4) is 0 Å². The molecule has 2 aromatic rings. The number of aromatic nitrogens is 2. The Bertz CT molecular complexity index is 812. The third-order valence-corrected chi connectivity index (χ3v) is 5.89. The van der Waals surface area contributed by atoms with Crippen LogP contribution in [0.25, 0.3) is 5.69 Å². The number of carbonyl (C=O) groups excluding carboxylic acids is 1. The average molecular weight is 367 g/mol. The van der Waals surface area contributed by atoms with Gasteiger partial charge in [-0.25, -0.2) is 4.68 Å². The molecule has 0 bridgehead atoms. The van der Waals surface area contributed by atoms with E-state index in [1.807, 2.05) is 34.0 Å². The molecule has 144 valence electrons. The van der Waals surface area contributed by atoms with Crippen LogP contribution in [0.4, 0.5) is 0 Å². The lowest BCUT2D eigenvalue weighted by Gasteiger charge is -2.34. The van der Waals surface area contributed by atoms with Crippen molar-refractivity contribution < 1.29 is 9.90 Å². The molecule has 1 N–H and O–H groups in total. The van der Waals surface area contributed by atoms with E-state index >= 15 is 0 Å². The fraction of sp³-hybridized carbons (Fsp3) is 0.545. The highest BCUT2D eigenvalue weighted by Gasteiger charge is 2.36. The van der Waals surface area contributed by atoms with Crippen molar-refractivity contribution in [3.8, 4) is 5.69 Å². The van der Waals surface area contributed by atoms with Crippen LogP contribution in [0.5, 0.6) is 0 Å². The quantitative estimate of drug-likeness (QED) is 0.886. The molecule has 1 amide bonds. The van der Waals surface area contributed by atoms with Gasteiger partial charge in [-0.15, -0.1) is 0 Å². The number of benzene rings is 1. The number of aliphatic hydroxyl groups excluding tert-OH is 1. The van der Waals surface area contributed by atoms with Crippen LogP contribution < -0.4 is 0 Å². The van der Waals surface area contributed by atoms with Gasteiger partial charge in [0.1, 0.15) is 0 Å². The maximum atomic E-state index is 13.2. The predicted octanol–water partition coefficient (Wildman–Crippen LogP) is 3.33. The van der Waals surface area contributed by atoms with Crippen molar-refractivity contribution >= 4 is 5.91 Å². The molecule has 0 saturated heterocycles. The molecule has 27 heavy (non-hydrogen) atoms. The SMILES string of the molecule is CC1(C)Cc2c(cnn2-c2ccccc2)CN(C(=O)C2CCCC(O)C2)C1. The zero-order chi connectivity index (χ0) is 19.0. The molecule has 0 spiro atoms. The minimum absolute atomic E-state index is 0.0270. The van der Waals surface area contributed by atoms with E-state index in [2.05, 4.69) is 31.1 Å². The molecule has 1 aromatic carbocycles. The smallest absolute Gasteiger partial charge is 0.226 e. The molecular weight excluding hydrogens is 338 g/mol. The maximum Gasteiger partial charge on any atom is 0.226 e. The minimum Gasteiger partial charge on any atom is -0.393 e. The molecule has 5 nitrogen and oxygen atoms in total. The Morgan fingerprint density at radius 1 is 1.22 bits per heavy atom. The van der Waals surface area contributed by atoms with E-state index in [1.54, 1.807) is 0 Å². The highest BCUT2D eigenvalue weighted by atomic mass is 16.3. The first-order chi connectivity index (χ1) is 12.9. The third-order valence-electron chi connectivity index (χ3n) is 5.89. The lowest BCUT2D eigenvalue weighted by Crippen LogP contribution is -2.42. The first-order valence-electron chi connectivity index (χ1n) is 10.0. The van der Waals surface area contributed by atoms with Crippen LogP contribution in [0.15, 0.2) is 36.5 Å². The van der Waals surface area contributed by atoms with Crippen molar-refractivity contribution in [1.29, 1.82) is 0 Å². The summed E-state index contributed by atoms with van der Waals surface area (Å²) < 4.78 is 2.02. The van der Waals surface area contributed by atoms with Crippen molar-refractivity contribution in [1.82, 2.24) is 14.7 Å². The van der Waals surface area contributed by atoms with Crippen LogP contribution in [-0.4, -0.2) is 38.3 Å². The van der Waals surface area contributed by atoms with Crippen molar-refractivity contribution in [2.75, 3.05) is 6.54 Å². The lowest BCUT2D eigenvalue weighted by molar-refractivity contribution is -0.139. The van der Waals surface area contributed by atoms with E-state index in [0.717, 1.165) is 43.5 Å². The number of hydrogen-bond acceptors (Lipinski definition) is 3. The third kappa shape index (κ3) is 3.79. The molecule has 2 unspecified atom stereocenters. The van der Waals surface area contributed by atoms with Gasteiger partial charge in [0, 0.05) is 30.3 Å². The topological polar surface area (TPSA) is 58.4 Å². The van der Waals surface area contributed by atoms with Gasteiger partial charge in [-0.1, -0.05) is 38.5 Å². The summed E-state index contributed by atoms with van der Waals surface area (Å²) in [6.45, 7) is 5.79. The van der Waals surface area contributed by atoms with Crippen molar-refractivity contribution in [2.24, 2.45) is 11.3 Å². The van der Waals surface area contributed by atoms with Gasteiger partial charge in [-0.3, -0.25) is 4.79 Å². The summed E-state index contributed by atoms with van der Waals surface area (Å²) in [6, 6.07) is 10.2. The fourth-order valence-corrected chi connectivity index (χ4v) is 4.61. The van der Waals surface area contributed by atoms with E-state index in [9.17, 15) is 9.90 Å². The molecule has 4 rings (SSSR count). The van der Waals surface area contributed by atoms with Crippen LogP contribution in [-0.2, 0) is 17.8 Å². The van der Waals surface area contributed by atoms with Crippen LogP contribution in [0, 0.1) is 11.3 Å². The van der Waals surface area contributed by atoms with Gasteiger partial charge < -0.3 is 10.0 Å². The summed E-state index contributed by atoms with van der Waals surface area (Å²) in [5, 5.41) is 14.6. The van der Waals surface area contributed by atoms with E-state index in [-0.39, 0.29) is 23.3 Å². The summed E-state index contributed by atoms with van der Waals surface area (Å²) in [5.74, 6) is 0.150. The first-order valence-corrected chi connectivity index (χ1v) is 10.0. The van der Waals surface area contributed by atoms with Gasteiger partial charge in [-0.2, -0.15) is 5.10 Å². The predicted molar refractivity (Wildman–Crippen MR) is 104 cm³/mol. The van der Waals surface area contributed by atoms with E-state index < -0.39 is 0 Å². The van der Waals surface area contributed by atoms with Gasteiger partial charge in [-0.05, 0) is 43.2 Å². The molecule has 1 aliphatic carbocycles. The minimum atomic E-state index is -0.330. The Labute approximate surface area is 161 Å². The molecule has 5 heteroatoms. The Balaban J connectivity index is 1.63. The Morgan fingerprint density at radius 3 is 2.74 bits per heavy atom. The second-order valence-electron chi connectivity index (χ2n) is 8.92. The van der Waals surface area contributed by atoms with E-state index in [0.29, 0.717) is 13.0 Å². The molecule has 1 aromatic heterocycles. The largest absolute Gasteiger partial charge is 0.393 e. The van der Waals surface area contributed by atoms with Crippen molar-refractivity contribution in [3.63, 3.8) is 0 Å². The monoisotopic (exact) mass is 367 g/mol. The first kappa shape index (κ1) is 18.2. The Kier molecular flexibility index (Phi) is 4.81. The summed E-state index contributed by atoms with van der Waals surface area (Å²) in [4.78, 5) is 15.2. The molecule has 0 radical (unpaired) electrons. The summed E-state index contributed by atoms with van der Waals surface area (Å²) in [7, 11) is 0. The normalized spacial score (nSPS) is 24.9. The maximum absolute atomic E-state index is 13.2. The Hall–Kier alpha value is -2.14. The molecule has 2 atom stereocenters. The number of rotatable bonds is 2. The molecule has 1 fully saturated rings. The zero-order valence-electron chi connectivity index (χ0n) is 16.3. The zero-order valence-corrected chi connectivity index (χ0v) is 16.3. The molecule has 1 saturated carbocycles. The summed E-state index contributed by atoms with van der Waals surface area (Å²) >= 11 is 0. The van der Waals surface area contributed by atoms with Crippen LogP contribution >= 0.6 is 0 Å². The number of fused-ring (bicyclic) bond motifs is 1. The highest BCUT2D eigenvalue weighted by molar-refractivity contribution is 5.79. The number of para-hydroxylation sites is 1. The van der Waals surface area contributed by atoms with Crippen LogP contribution in [0.1, 0.15) is 50.8 Å². The summed E-state index contributed by atoms with van der Waals surface area (Å²) in [6.07, 6.45) is 5.72. The second kappa shape index (κ2) is 7.12. The van der Waals surface area contributed by atoms with Gasteiger partial charge >= 0.3 is 0 Å². The van der Waals surface area contributed by atoms with Crippen LogP contribution in [0.2, 0.25) is 0 Å². The molecular formula is C22H29N3O2. The number of nitrogens with zero attached hydrogens (tertiary/aromatic N) is 3. The van der Waals surface area contributed by atoms with Gasteiger partial charge in [0.05, 0.1) is 18.0 Å². The van der Waals surface area contributed by atoms with Crippen molar-refractivity contribution in [2.45, 2.75) is 58.6 Å². The Morgan fingerprint density at radius 2 is 2.00 bits per heavy atom. The van der Waals surface area contributed by atoms with Gasteiger partial charge in [0.15, 0.2) is 0 Å². The summed E-state index contributed by atoms with van der Waals surface area (Å²) in [5.41, 5.74) is 3.37. The van der Waals surface area contributed by atoms with E-state index in [1.165, 1.54) is 5.69 Å². The number of hydrogen-bond donors (Lipinski definition) is 1. The lowest BCUT2D eigenvalue weighted by atomic mass is 9.85. The van der Waals surface area contributed by atoms with Gasteiger partial charge in [0.2, 0.25) is 5.91 Å². The number of carbonyl (C=O) groups is 1. The molecule has 2 aliphatic rings. The highest BCUT2D eigenvalue weighted by Crippen LogP contribution is 2.34. The van der Waals surface area contributed by atoms with Crippen molar-refractivity contribution in [3.05, 3.63) is 47.8 Å².